The number of carbonyl (C=O) groups excluding carboxylic acids is 1. The van der Waals surface area contributed by atoms with Gasteiger partial charge in [-0.3, -0.25) is 9.10 Å². The van der Waals surface area contributed by atoms with Crippen molar-refractivity contribution in [2.75, 3.05) is 38.5 Å². The number of rotatable bonds is 7. The van der Waals surface area contributed by atoms with Crippen LogP contribution in [-0.4, -0.2) is 74.4 Å². The number of nitrogens with zero attached hydrogens (tertiary/aromatic N) is 4. The molecule has 10 heteroatoms. The first-order valence-electron chi connectivity index (χ1n) is 15.9. The van der Waals surface area contributed by atoms with Crippen molar-refractivity contribution in [3.8, 4) is 22.3 Å². The number of hydrogen-bond acceptors (Lipinski definition) is 5. The summed E-state index contributed by atoms with van der Waals surface area (Å²) in [6, 6.07) is 28.3. The average molecular weight is 662 g/mol. The van der Waals surface area contributed by atoms with Gasteiger partial charge in [-0.05, 0) is 92.6 Å². The largest absolute Gasteiger partial charge is 0.339 e. The summed E-state index contributed by atoms with van der Waals surface area (Å²) < 4.78 is 42.1. The van der Waals surface area contributed by atoms with E-state index in [1.165, 1.54) is 25.2 Å². The molecule has 4 aromatic carbocycles. The summed E-state index contributed by atoms with van der Waals surface area (Å²) in [5, 5.41) is 1.64. The monoisotopic (exact) mass is 661 g/mol. The molecule has 8 nitrogen and oxygen atoms in total. The number of likely N-dealkylation sites (tertiary alicyclic amines) is 1. The molecule has 0 saturated carbocycles. The van der Waals surface area contributed by atoms with E-state index in [2.05, 4.69) is 16.9 Å². The average Bonchev–Trinajstić information content (AvgIpc) is 3.49. The molecule has 0 radical (unpaired) electrons. The maximum absolute atomic E-state index is 14.0. The summed E-state index contributed by atoms with van der Waals surface area (Å²) in [5.41, 5.74) is 6.19. The zero-order valence-corrected chi connectivity index (χ0v) is 27.8. The lowest BCUT2D eigenvalue weighted by Gasteiger charge is -2.35. The molecule has 1 aliphatic rings. The molecule has 0 unspecified atom stereocenters. The highest BCUT2D eigenvalue weighted by molar-refractivity contribution is 7.92. The van der Waals surface area contributed by atoms with Gasteiger partial charge in [-0.15, -0.1) is 0 Å². The van der Waals surface area contributed by atoms with E-state index in [0.29, 0.717) is 16.9 Å². The molecular formula is C38H36FN5O3S. The van der Waals surface area contributed by atoms with Gasteiger partial charge in [0, 0.05) is 59.3 Å². The van der Waals surface area contributed by atoms with Crippen LogP contribution >= 0.6 is 0 Å². The maximum Gasteiger partial charge on any atom is 0.264 e. The van der Waals surface area contributed by atoms with Crippen LogP contribution in [0.25, 0.3) is 44.2 Å². The molecule has 6 aromatic rings. The quantitative estimate of drug-likeness (QED) is 0.196. The van der Waals surface area contributed by atoms with Crippen molar-refractivity contribution in [1.29, 1.82) is 0 Å². The predicted octanol–water partition coefficient (Wildman–Crippen LogP) is 7.18. The van der Waals surface area contributed by atoms with Crippen molar-refractivity contribution < 1.29 is 17.6 Å². The van der Waals surface area contributed by atoms with E-state index in [0.717, 1.165) is 74.8 Å². The Morgan fingerprint density at radius 3 is 2.33 bits per heavy atom. The van der Waals surface area contributed by atoms with Gasteiger partial charge in [0.25, 0.3) is 15.9 Å². The fourth-order valence-electron chi connectivity index (χ4n) is 6.63. The zero-order chi connectivity index (χ0) is 33.6. The lowest BCUT2D eigenvalue weighted by Crippen LogP contribution is -2.44. The Bertz CT molecular complexity index is 2250. The van der Waals surface area contributed by atoms with Crippen molar-refractivity contribution in [2.24, 2.45) is 0 Å². The number of aromatic amines is 1. The van der Waals surface area contributed by atoms with Gasteiger partial charge in [0.1, 0.15) is 11.5 Å². The van der Waals surface area contributed by atoms with Crippen LogP contribution < -0.4 is 4.31 Å². The van der Waals surface area contributed by atoms with Crippen molar-refractivity contribution >= 4 is 43.6 Å². The van der Waals surface area contributed by atoms with Crippen LogP contribution in [0.15, 0.2) is 108 Å². The lowest BCUT2D eigenvalue weighted by atomic mass is 9.92. The van der Waals surface area contributed by atoms with Crippen LogP contribution in [0.2, 0.25) is 0 Å². The number of amides is 1. The number of hydrogen-bond donors (Lipinski definition) is 1. The first-order chi connectivity index (χ1) is 23.1. The lowest BCUT2D eigenvalue weighted by molar-refractivity contribution is 0.0659. The highest BCUT2D eigenvalue weighted by Crippen LogP contribution is 2.41. The number of halogens is 1. The summed E-state index contributed by atoms with van der Waals surface area (Å²) in [6.07, 6.45) is 3.76. The first kappa shape index (κ1) is 31.5. The third-order valence-corrected chi connectivity index (χ3v) is 11.3. The topological polar surface area (TPSA) is 89.6 Å². The molecule has 0 aliphatic carbocycles. The van der Waals surface area contributed by atoms with Gasteiger partial charge >= 0.3 is 0 Å². The summed E-state index contributed by atoms with van der Waals surface area (Å²) in [4.78, 5) is 25.7. The Kier molecular flexibility index (Phi) is 8.22. The minimum absolute atomic E-state index is 0.00874. The van der Waals surface area contributed by atoms with Crippen LogP contribution in [-0.2, 0) is 10.0 Å². The molecule has 7 rings (SSSR count). The van der Waals surface area contributed by atoms with Crippen molar-refractivity contribution in [3.05, 3.63) is 115 Å². The molecule has 3 heterocycles. The number of nitrogens with one attached hydrogen (secondary N) is 1. The fraction of sp³-hybridized carbons (Fsp3) is 0.211. The number of carbonyl (C=O) groups is 1. The standard InChI is InChI=1S/C38H36FN5O3S/c1-42-20-18-29(19-21-42)43(2)38(45)27-14-12-25(13-15-27)33-24-40-37-36(35(33)26-8-5-4-6-9-26)32-23-30(16-17-34(32)41-37)44(3)48(46,47)31-11-7-10-28(39)22-31/h4-17,22-24,29H,18-21H2,1-3H3,(H,40,41). The maximum atomic E-state index is 14.0. The number of benzene rings is 4. The van der Waals surface area contributed by atoms with Crippen LogP contribution in [0.3, 0.4) is 0 Å². The van der Waals surface area contributed by atoms with Gasteiger partial charge in [-0.1, -0.05) is 48.5 Å². The number of sulfonamides is 1. The van der Waals surface area contributed by atoms with E-state index in [1.807, 2.05) is 84.9 Å². The molecule has 244 valence electrons. The molecule has 2 aromatic heterocycles. The van der Waals surface area contributed by atoms with Crippen LogP contribution in [0.5, 0.6) is 0 Å². The summed E-state index contributed by atoms with van der Waals surface area (Å²) in [6.45, 7) is 1.96. The summed E-state index contributed by atoms with van der Waals surface area (Å²) >= 11 is 0. The molecule has 0 spiro atoms. The third kappa shape index (κ3) is 5.71. The number of anilines is 1. The van der Waals surface area contributed by atoms with E-state index in [1.54, 1.807) is 6.07 Å². The molecular weight excluding hydrogens is 626 g/mol. The van der Waals surface area contributed by atoms with Crippen molar-refractivity contribution in [2.45, 2.75) is 23.8 Å². The van der Waals surface area contributed by atoms with Gasteiger partial charge in [0.05, 0.1) is 10.6 Å². The predicted molar refractivity (Wildman–Crippen MR) is 189 cm³/mol. The normalized spacial score (nSPS) is 14.4. The van der Waals surface area contributed by atoms with Crippen molar-refractivity contribution in [1.82, 2.24) is 19.8 Å². The summed E-state index contributed by atoms with van der Waals surface area (Å²) in [5.74, 6) is -0.612. The summed E-state index contributed by atoms with van der Waals surface area (Å²) in [7, 11) is 1.44. The molecule has 0 atom stereocenters. The van der Waals surface area contributed by atoms with E-state index in [-0.39, 0.29) is 16.8 Å². The second kappa shape index (κ2) is 12.5. The second-order valence-corrected chi connectivity index (χ2v) is 14.4. The van der Waals surface area contributed by atoms with Crippen molar-refractivity contribution in [3.63, 3.8) is 0 Å². The van der Waals surface area contributed by atoms with E-state index in [4.69, 9.17) is 4.98 Å². The van der Waals surface area contributed by atoms with Gasteiger partial charge < -0.3 is 14.8 Å². The fourth-order valence-corrected chi connectivity index (χ4v) is 7.85. The van der Waals surface area contributed by atoms with Crippen LogP contribution in [0.4, 0.5) is 10.1 Å². The molecule has 1 aliphatic heterocycles. The Morgan fingerprint density at radius 1 is 0.896 bits per heavy atom. The highest BCUT2D eigenvalue weighted by atomic mass is 32.2. The Balaban J connectivity index is 1.31. The zero-order valence-electron chi connectivity index (χ0n) is 27.0. The molecule has 1 N–H and O–H groups in total. The number of pyridine rings is 1. The second-order valence-electron chi connectivity index (χ2n) is 12.4. The highest BCUT2D eigenvalue weighted by Gasteiger charge is 2.26. The third-order valence-electron chi connectivity index (χ3n) is 9.48. The van der Waals surface area contributed by atoms with Gasteiger partial charge in [0.15, 0.2) is 0 Å². The van der Waals surface area contributed by atoms with E-state index < -0.39 is 15.8 Å². The van der Waals surface area contributed by atoms with Crippen LogP contribution in [0, 0.1) is 5.82 Å². The van der Waals surface area contributed by atoms with Gasteiger partial charge in [-0.2, -0.15) is 0 Å². The van der Waals surface area contributed by atoms with Gasteiger partial charge in [-0.25, -0.2) is 17.8 Å². The SMILES string of the molecule is CN1CCC(N(C)C(=O)c2ccc(-c3cnc4[nH]c5ccc(N(C)S(=O)(=O)c6cccc(F)c6)cc5c4c3-c3ccccc3)cc2)CC1. The minimum atomic E-state index is -4.03. The van der Waals surface area contributed by atoms with E-state index in [9.17, 15) is 17.6 Å². The van der Waals surface area contributed by atoms with Crippen LogP contribution in [0.1, 0.15) is 23.2 Å². The molecule has 48 heavy (non-hydrogen) atoms. The molecule has 1 amide bonds. The minimum Gasteiger partial charge on any atom is -0.339 e. The molecule has 1 saturated heterocycles. The first-order valence-corrected chi connectivity index (χ1v) is 17.4. The molecule has 0 bridgehead atoms. The number of aromatic nitrogens is 2. The number of H-pyrrole nitrogens is 1. The number of piperidine rings is 1. The number of fused-ring (bicyclic) bond motifs is 3. The Hall–Kier alpha value is -5.06. The Labute approximate surface area is 279 Å². The Morgan fingerprint density at radius 2 is 1.62 bits per heavy atom. The van der Waals surface area contributed by atoms with E-state index >= 15 is 0 Å². The smallest absolute Gasteiger partial charge is 0.264 e. The van der Waals surface area contributed by atoms with Gasteiger partial charge in [0.2, 0.25) is 0 Å². The molecule has 1 fully saturated rings.